The zero-order valence-electron chi connectivity index (χ0n) is 10.1. The van der Waals surface area contributed by atoms with Crippen molar-refractivity contribution in [3.63, 3.8) is 0 Å². The summed E-state index contributed by atoms with van der Waals surface area (Å²) in [6.45, 7) is 4.04. The van der Waals surface area contributed by atoms with Crippen LogP contribution in [-0.4, -0.2) is 5.11 Å². The molecule has 0 spiro atoms. The van der Waals surface area contributed by atoms with Crippen molar-refractivity contribution >= 4 is 5.69 Å². The van der Waals surface area contributed by atoms with Crippen LogP contribution >= 0.6 is 0 Å². The van der Waals surface area contributed by atoms with Gasteiger partial charge >= 0.3 is 0 Å². The molecule has 0 aliphatic carbocycles. The quantitative estimate of drug-likeness (QED) is 0.775. The minimum atomic E-state index is -0.657. The molecule has 0 bridgehead atoms. The monoisotopic (exact) mass is 227 g/mol. The fourth-order valence-corrected chi connectivity index (χ4v) is 1.91. The normalized spacial score (nSPS) is 12.4. The van der Waals surface area contributed by atoms with Crippen molar-refractivity contribution in [2.45, 2.75) is 20.0 Å². The van der Waals surface area contributed by atoms with Gasteiger partial charge in [-0.25, -0.2) is 0 Å². The maximum absolute atomic E-state index is 10.3. The van der Waals surface area contributed by atoms with Gasteiger partial charge in [-0.2, -0.15) is 0 Å². The Hall–Kier alpha value is -1.80. The molecule has 17 heavy (non-hydrogen) atoms. The molecule has 88 valence electrons. The van der Waals surface area contributed by atoms with Crippen molar-refractivity contribution < 1.29 is 5.11 Å². The molecule has 1 atom stereocenters. The van der Waals surface area contributed by atoms with E-state index in [0.29, 0.717) is 5.69 Å². The van der Waals surface area contributed by atoms with Crippen LogP contribution in [0.4, 0.5) is 5.69 Å². The average Bonchev–Trinajstić information content (AvgIpc) is 2.34. The highest BCUT2D eigenvalue weighted by molar-refractivity contribution is 5.54. The van der Waals surface area contributed by atoms with Crippen LogP contribution in [0.5, 0.6) is 0 Å². The Bertz CT molecular complexity index is 520. The first kappa shape index (κ1) is 11.7. The van der Waals surface area contributed by atoms with Gasteiger partial charge in [0.1, 0.15) is 6.10 Å². The van der Waals surface area contributed by atoms with Crippen molar-refractivity contribution in [2.75, 3.05) is 5.73 Å². The van der Waals surface area contributed by atoms with E-state index in [-0.39, 0.29) is 0 Å². The lowest BCUT2D eigenvalue weighted by Gasteiger charge is -2.15. The maximum Gasteiger partial charge on any atom is 0.106 e. The molecule has 1 unspecified atom stereocenters. The minimum absolute atomic E-state index is 0.643. The van der Waals surface area contributed by atoms with E-state index in [1.54, 1.807) is 0 Å². The number of nitrogens with two attached hydrogens (primary N) is 1. The van der Waals surface area contributed by atoms with Crippen LogP contribution in [0.1, 0.15) is 28.4 Å². The lowest BCUT2D eigenvalue weighted by molar-refractivity contribution is 0.221. The molecular formula is C15H17NO. The van der Waals surface area contributed by atoms with Gasteiger partial charge in [0.05, 0.1) is 0 Å². The molecule has 0 heterocycles. The highest BCUT2D eigenvalue weighted by Gasteiger charge is 2.14. The summed E-state index contributed by atoms with van der Waals surface area (Å²) in [5.41, 5.74) is 10.5. The molecule has 2 heteroatoms. The zero-order chi connectivity index (χ0) is 12.4. The molecule has 0 amide bonds. The largest absolute Gasteiger partial charge is 0.398 e. The molecule has 2 rings (SSSR count). The summed E-state index contributed by atoms with van der Waals surface area (Å²) in [6, 6.07) is 13.4. The van der Waals surface area contributed by atoms with Gasteiger partial charge in [0, 0.05) is 11.3 Å². The topological polar surface area (TPSA) is 46.2 Å². The van der Waals surface area contributed by atoms with Gasteiger partial charge in [-0.1, -0.05) is 36.4 Å². The summed E-state index contributed by atoms with van der Waals surface area (Å²) in [5.74, 6) is 0. The first-order chi connectivity index (χ1) is 8.09. The Morgan fingerprint density at radius 1 is 1.00 bits per heavy atom. The predicted molar refractivity (Wildman–Crippen MR) is 70.8 cm³/mol. The Morgan fingerprint density at radius 3 is 2.24 bits per heavy atom. The molecule has 0 aliphatic rings. The van der Waals surface area contributed by atoms with E-state index >= 15 is 0 Å². The van der Waals surface area contributed by atoms with Gasteiger partial charge in [-0.15, -0.1) is 0 Å². The van der Waals surface area contributed by atoms with Crippen LogP contribution in [0.15, 0.2) is 42.5 Å². The predicted octanol–water partition coefficient (Wildman–Crippen LogP) is 2.97. The third-order valence-electron chi connectivity index (χ3n) is 3.11. The second-order valence-electron chi connectivity index (χ2n) is 4.38. The van der Waals surface area contributed by atoms with Crippen molar-refractivity contribution in [1.82, 2.24) is 0 Å². The first-order valence-electron chi connectivity index (χ1n) is 5.69. The summed E-state index contributed by atoms with van der Waals surface area (Å²) in [6.07, 6.45) is -0.657. The van der Waals surface area contributed by atoms with Gasteiger partial charge in [0.15, 0.2) is 0 Å². The summed E-state index contributed by atoms with van der Waals surface area (Å²) in [5, 5.41) is 10.3. The number of hydrogen-bond donors (Lipinski definition) is 2. The molecule has 0 saturated carbocycles. The van der Waals surface area contributed by atoms with Gasteiger partial charge in [0.25, 0.3) is 0 Å². The molecule has 2 nitrogen and oxygen atoms in total. The summed E-state index contributed by atoms with van der Waals surface area (Å²) < 4.78 is 0. The van der Waals surface area contributed by atoms with Gasteiger partial charge in [-0.05, 0) is 36.6 Å². The third-order valence-corrected chi connectivity index (χ3v) is 3.11. The number of nitrogen functional groups attached to an aromatic ring is 1. The van der Waals surface area contributed by atoms with E-state index in [1.807, 2.05) is 56.3 Å². The van der Waals surface area contributed by atoms with Crippen molar-refractivity contribution in [2.24, 2.45) is 0 Å². The number of aryl methyl sites for hydroxylation is 2. The van der Waals surface area contributed by atoms with Crippen molar-refractivity contribution in [3.8, 4) is 0 Å². The molecule has 0 fully saturated rings. The van der Waals surface area contributed by atoms with Gasteiger partial charge < -0.3 is 10.8 Å². The molecule has 0 aliphatic heterocycles. The molecule has 0 saturated heterocycles. The molecule has 3 N–H and O–H groups in total. The summed E-state index contributed by atoms with van der Waals surface area (Å²) in [4.78, 5) is 0. The van der Waals surface area contributed by atoms with Crippen LogP contribution in [-0.2, 0) is 0 Å². The van der Waals surface area contributed by atoms with Gasteiger partial charge in [0.2, 0.25) is 0 Å². The smallest absolute Gasteiger partial charge is 0.106 e. The second kappa shape index (κ2) is 4.60. The highest BCUT2D eigenvalue weighted by atomic mass is 16.3. The van der Waals surface area contributed by atoms with Crippen molar-refractivity contribution in [1.29, 1.82) is 0 Å². The van der Waals surface area contributed by atoms with Crippen LogP contribution in [0, 0.1) is 13.8 Å². The third kappa shape index (κ3) is 2.32. The first-order valence-corrected chi connectivity index (χ1v) is 5.69. The highest BCUT2D eigenvalue weighted by Crippen LogP contribution is 2.28. The number of hydrogen-bond acceptors (Lipinski definition) is 2. The Balaban J connectivity index is 2.44. The fraction of sp³-hybridized carbons (Fsp3) is 0.200. The number of anilines is 1. The lowest BCUT2D eigenvalue weighted by atomic mass is 9.96. The Morgan fingerprint density at radius 2 is 1.59 bits per heavy atom. The second-order valence-corrected chi connectivity index (χ2v) is 4.38. The number of rotatable bonds is 2. The minimum Gasteiger partial charge on any atom is -0.398 e. The zero-order valence-corrected chi connectivity index (χ0v) is 10.1. The van der Waals surface area contributed by atoms with Crippen LogP contribution in [0.25, 0.3) is 0 Å². The molecular weight excluding hydrogens is 210 g/mol. The molecule has 2 aromatic carbocycles. The fourth-order valence-electron chi connectivity index (χ4n) is 1.91. The van der Waals surface area contributed by atoms with Crippen LogP contribution in [0.2, 0.25) is 0 Å². The standard InChI is InChI=1S/C15H17NO/c1-10-8-13(14(16)9-11(10)2)15(17)12-6-4-3-5-7-12/h3-9,15,17H,16H2,1-2H3. The summed E-state index contributed by atoms with van der Waals surface area (Å²) in [7, 11) is 0. The van der Waals surface area contributed by atoms with E-state index in [0.717, 1.165) is 22.3 Å². The van der Waals surface area contributed by atoms with Crippen LogP contribution < -0.4 is 5.73 Å². The summed E-state index contributed by atoms with van der Waals surface area (Å²) >= 11 is 0. The van der Waals surface area contributed by atoms with E-state index < -0.39 is 6.10 Å². The molecule has 2 aromatic rings. The van der Waals surface area contributed by atoms with E-state index in [9.17, 15) is 5.11 Å². The SMILES string of the molecule is Cc1cc(N)c(C(O)c2ccccc2)cc1C. The number of aliphatic hydroxyl groups is 1. The van der Waals surface area contributed by atoms with E-state index in [2.05, 4.69) is 0 Å². The van der Waals surface area contributed by atoms with E-state index in [1.165, 1.54) is 0 Å². The Labute approximate surface area is 102 Å². The molecule has 0 radical (unpaired) electrons. The Kier molecular flexibility index (Phi) is 3.16. The average molecular weight is 227 g/mol. The van der Waals surface area contributed by atoms with Gasteiger partial charge in [-0.3, -0.25) is 0 Å². The van der Waals surface area contributed by atoms with Crippen molar-refractivity contribution in [3.05, 3.63) is 64.7 Å². The van der Waals surface area contributed by atoms with E-state index in [4.69, 9.17) is 5.73 Å². The number of aliphatic hydroxyl groups excluding tert-OH is 1. The number of benzene rings is 2. The molecule has 0 aromatic heterocycles. The maximum atomic E-state index is 10.3. The lowest BCUT2D eigenvalue weighted by Crippen LogP contribution is -2.05. The van der Waals surface area contributed by atoms with Crippen LogP contribution in [0.3, 0.4) is 0 Å².